The highest BCUT2D eigenvalue weighted by atomic mass is 35.5. The molecule has 0 aromatic heterocycles. The summed E-state index contributed by atoms with van der Waals surface area (Å²) in [5.41, 5.74) is 26.9. The first kappa shape index (κ1) is 18.8. The summed E-state index contributed by atoms with van der Waals surface area (Å²) in [6.07, 6.45) is 0.750. The Hall–Kier alpha value is -2.56. The predicted octanol–water partition coefficient (Wildman–Crippen LogP) is 4.60. The largest absolute Gasteiger partial charge is 0.399 e. The molecular formula is C19H20Cl2N4. The molecule has 0 unspecified atom stereocenters. The Kier molecular flexibility index (Phi) is 6.39. The fourth-order valence-electron chi connectivity index (χ4n) is 2.09. The number of halogens is 2. The molecule has 0 saturated heterocycles. The molecule has 3 aromatic carbocycles. The maximum atomic E-state index is 5.97. The Morgan fingerprint density at radius 1 is 0.560 bits per heavy atom. The first-order chi connectivity index (χ1) is 11.8. The van der Waals surface area contributed by atoms with E-state index in [0.717, 1.165) is 28.9 Å². The van der Waals surface area contributed by atoms with Gasteiger partial charge in [-0.1, -0.05) is 35.3 Å². The topological polar surface area (TPSA) is 104 Å². The van der Waals surface area contributed by atoms with Crippen LogP contribution >= 0.6 is 23.2 Å². The molecule has 0 fully saturated rings. The first-order valence-corrected chi connectivity index (χ1v) is 8.29. The summed E-state index contributed by atoms with van der Waals surface area (Å²) in [4.78, 5) is 0. The van der Waals surface area contributed by atoms with E-state index in [4.69, 9.17) is 46.1 Å². The third kappa shape index (κ3) is 5.78. The zero-order chi connectivity index (χ0) is 18.4. The summed E-state index contributed by atoms with van der Waals surface area (Å²) >= 11 is 11.9. The fourth-order valence-corrected chi connectivity index (χ4v) is 2.50. The molecule has 0 radical (unpaired) electrons. The molecule has 0 aliphatic heterocycles. The van der Waals surface area contributed by atoms with Gasteiger partial charge in [-0.05, 0) is 66.1 Å². The molecule has 0 spiro atoms. The van der Waals surface area contributed by atoms with Crippen molar-refractivity contribution in [3.8, 4) is 0 Å². The van der Waals surface area contributed by atoms with Crippen molar-refractivity contribution < 1.29 is 0 Å². The highest BCUT2D eigenvalue weighted by Gasteiger charge is 2.02. The minimum absolute atomic E-state index is 0.573. The zero-order valence-corrected chi connectivity index (χ0v) is 15.1. The normalized spacial score (nSPS) is 10.0. The maximum absolute atomic E-state index is 5.97. The van der Waals surface area contributed by atoms with E-state index in [9.17, 15) is 0 Å². The van der Waals surface area contributed by atoms with E-state index in [-0.39, 0.29) is 0 Å². The molecule has 3 rings (SSSR count). The number of benzene rings is 3. The van der Waals surface area contributed by atoms with Gasteiger partial charge in [-0.3, -0.25) is 0 Å². The Labute approximate surface area is 157 Å². The molecule has 0 bridgehead atoms. The maximum Gasteiger partial charge on any atom is 0.0638 e. The van der Waals surface area contributed by atoms with Gasteiger partial charge in [-0.25, -0.2) is 0 Å². The second-order valence-electron chi connectivity index (χ2n) is 5.56. The molecular weight excluding hydrogens is 355 g/mol. The van der Waals surface area contributed by atoms with Crippen LogP contribution in [0.3, 0.4) is 0 Å². The van der Waals surface area contributed by atoms with Crippen LogP contribution in [0.1, 0.15) is 11.1 Å². The molecule has 6 heteroatoms. The zero-order valence-electron chi connectivity index (χ0n) is 13.5. The smallest absolute Gasteiger partial charge is 0.0638 e. The van der Waals surface area contributed by atoms with Crippen molar-refractivity contribution in [1.82, 2.24) is 0 Å². The summed E-state index contributed by atoms with van der Waals surface area (Å²) in [5, 5.41) is 1.15. The van der Waals surface area contributed by atoms with Crippen LogP contribution in [0.25, 0.3) is 0 Å². The van der Waals surface area contributed by atoms with Gasteiger partial charge in [0.2, 0.25) is 0 Å². The summed E-state index contributed by atoms with van der Waals surface area (Å²) < 4.78 is 0. The van der Waals surface area contributed by atoms with Crippen molar-refractivity contribution in [2.24, 2.45) is 0 Å². The molecule has 3 aromatic rings. The van der Waals surface area contributed by atoms with E-state index in [0.29, 0.717) is 21.4 Å². The molecule has 4 nitrogen and oxygen atoms in total. The van der Waals surface area contributed by atoms with Gasteiger partial charge in [-0.15, -0.1) is 0 Å². The highest BCUT2D eigenvalue weighted by molar-refractivity contribution is 6.33. The molecule has 0 saturated carbocycles. The summed E-state index contributed by atoms with van der Waals surface area (Å²) in [6, 6.07) is 18.3. The van der Waals surface area contributed by atoms with Crippen LogP contribution in [0.5, 0.6) is 0 Å². The SMILES string of the molecule is Nc1ccc(Cc2ccc(N)c(Cl)c2)cc1Cl.Nc1ccc(N)cc1. The van der Waals surface area contributed by atoms with Crippen LogP contribution in [-0.4, -0.2) is 0 Å². The van der Waals surface area contributed by atoms with Crippen LogP contribution in [0.15, 0.2) is 60.7 Å². The van der Waals surface area contributed by atoms with E-state index in [1.54, 1.807) is 36.4 Å². The lowest BCUT2D eigenvalue weighted by Crippen LogP contribution is -1.93. The monoisotopic (exact) mass is 374 g/mol. The van der Waals surface area contributed by atoms with E-state index in [1.807, 2.05) is 24.3 Å². The fraction of sp³-hybridized carbons (Fsp3) is 0.0526. The Morgan fingerprint density at radius 2 is 0.920 bits per heavy atom. The van der Waals surface area contributed by atoms with Gasteiger partial charge in [0.1, 0.15) is 0 Å². The van der Waals surface area contributed by atoms with Gasteiger partial charge < -0.3 is 22.9 Å². The second-order valence-corrected chi connectivity index (χ2v) is 6.37. The number of rotatable bonds is 2. The van der Waals surface area contributed by atoms with Gasteiger partial charge >= 0.3 is 0 Å². The molecule has 0 heterocycles. The van der Waals surface area contributed by atoms with Crippen molar-refractivity contribution >= 4 is 46.0 Å². The summed E-state index contributed by atoms with van der Waals surface area (Å²) in [7, 11) is 0. The number of hydrogen-bond acceptors (Lipinski definition) is 4. The van der Waals surface area contributed by atoms with E-state index in [2.05, 4.69) is 0 Å². The molecule has 130 valence electrons. The Balaban J connectivity index is 0.000000236. The lowest BCUT2D eigenvalue weighted by molar-refractivity contribution is 1.19. The van der Waals surface area contributed by atoms with Gasteiger partial charge in [0.25, 0.3) is 0 Å². The van der Waals surface area contributed by atoms with Crippen molar-refractivity contribution in [3.05, 3.63) is 81.8 Å². The molecule has 8 N–H and O–H groups in total. The van der Waals surface area contributed by atoms with Crippen LogP contribution in [0.4, 0.5) is 22.7 Å². The van der Waals surface area contributed by atoms with E-state index >= 15 is 0 Å². The second kappa shape index (κ2) is 8.51. The minimum Gasteiger partial charge on any atom is -0.399 e. The average molecular weight is 375 g/mol. The quantitative estimate of drug-likeness (QED) is 0.491. The third-order valence-corrected chi connectivity index (χ3v) is 4.13. The molecule has 25 heavy (non-hydrogen) atoms. The van der Waals surface area contributed by atoms with Crippen molar-refractivity contribution in [2.45, 2.75) is 6.42 Å². The lowest BCUT2D eigenvalue weighted by atomic mass is 10.0. The van der Waals surface area contributed by atoms with Crippen molar-refractivity contribution in [1.29, 1.82) is 0 Å². The number of hydrogen-bond donors (Lipinski definition) is 4. The van der Waals surface area contributed by atoms with E-state index in [1.165, 1.54) is 0 Å². The Bertz CT molecular complexity index is 778. The number of nitrogens with two attached hydrogens (primary N) is 4. The third-order valence-electron chi connectivity index (χ3n) is 3.47. The van der Waals surface area contributed by atoms with Crippen LogP contribution in [0, 0.1) is 0 Å². The van der Waals surface area contributed by atoms with Gasteiger partial charge in [-0.2, -0.15) is 0 Å². The number of nitrogen functional groups attached to an aromatic ring is 4. The average Bonchev–Trinajstić information content (AvgIpc) is 2.58. The molecule has 0 aliphatic rings. The first-order valence-electron chi connectivity index (χ1n) is 7.54. The highest BCUT2D eigenvalue weighted by Crippen LogP contribution is 2.24. The van der Waals surface area contributed by atoms with Gasteiger partial charge in [0, 0.05) is 11.4 Å². The molecule has 0 atom stereocenters. The molecule has 0 aliphatic carbocycles. The summed E-state index contributed by atoms with van der Waals surface area (Å²) in [5.74, 6) is 0. The van der Waals surface area contributed by atoms with Crippen molar-refractivity contribution in [2.75, 3.05) is 22.9 Å². The Morgan fingerprint density at radius 3 is 1.24 bits per heavy atom. The standard InChI is InChI=1S/C13H12Cl2N2.C6H8N2/c14-10-6-8(1-3-12(10)16)5-9-2-4-13(17)11(15)7-9;7-5-1-2-6(8)4-3-5/h1-4,6-7H,5,16-17H2;1-4H,7-8H2. The predicted molar refractivity (Wildman–Crippen MR) is 110 cm³/mol. The van der Waals surface area contributed by atoms with Crippen molar-refractivity contribution in [3.63, 3.8) is 0 Å². The van der Waals surface area contributed by atoms with Crippen LogP contribution in [-0.2, 0) is 6.42 Å². The molecule has 0 amide bonds. The van der Waals surface area contributed by atoms with Crippen LogP contribution in [0.2, 0.25) is 10.0 Å². The van der Waals surface area contributed by atoms with Gasteiger partial charge in [0.05, 0.1) is 21.4 Å². The lowest BCUT2D eigenvalue weighted by Gasteiger charge is -2.06. The van der Waals surface area contributed by atoms with E-state index < -0.39 is 0 Å². The van der Waals surface area contributed by atoms with Crippen LogP contribution < -0.4 is 22.9 Å². The summed E-state index contributed by atoms with van der Waals surface area (Å²) in [6.45, 7) is 0. The minimum atomic E-state index is 0.573. The van der Waals surface area contributed by atoms with Gasteiger partial charge in [0.15, 0.2) is 0 Å². The number of anilines is 4.